The SMILES string of the molecule is COC1(C2C=C3C(O)CC4(O)C(CCC5(C)C(C(C)C=CC(CO)C(C)C)C(O)C(OS(=O)(=O)O)C54)C3(C)CC2)OCC(O)C(O)C1O. The van der Waals surface area contributed by atoms with Gasteiger partial charge in [0.1, 0.15) is 24.4 Å². The Morgan fingerprint density at radius 1 is 1.04 bits per heavy atom. The normalized spacial score (nSPS) is 49.3. The Morgan fingerprint density at radius 2 is 1.71 bits per heavy atom. The van der Waals surface area contributed by atoms with Crippen molar-refractivity contribution in [3.63, 3.8) is 0 Å². The van der Waals surface area contributed by atoms with Crippen LogP contribution in [0.25, 0.3) is 0 Å². The van der Waals surface area contributed by atoms with E-state index in [2.05, 4.69) is 0 Å². The number of fused-ring (bicyclic) bond motifs is 5. The van der Waals surface area contributed by atoms with Crippen molar-refractivity contribution in [3.8, 4) is 0 Å². The summed E-state index contributed by atoms with van der Waals surface area (Å²) in [5.41, 5.74) is -2.79. The number of allylic oxidation sites excluding steroid dienone is 1. The Hall–Kier alpha value is -1.01. The summed E-state index contributed by atoms with van der Waals surface area (Å²) >= 11 is 0. The van der Waals surface area contributed by atoms with Crippen LogP contribution in [0, 0.1) is 52.3 Å². The lowest BCUT2D eigenvalue weighted by molar-refractivity contribution is -0.348. The van der Waals surface area contributed by atoms with Gasteiger partial charge in [-0.25, -0.2) is 4.18 Å². The van der Waals surface area contributed by atoms with Crippen LogP contribution in [0.3, 0.4) is 0 Å². The molecule has 4 fully saturated rings. The van der Waals surface area contributed by atoms with Gasteiger partial charge in [0.2, 0.25) is 5.79 Å². The molecule has 0 bridgehead atoms. The van der Waals surface area contributed by atoms with E-state index in [1.807, 2.05) is 46.8 Å². The Balaban J connectivity index is 1.54. The monoisotopic (exact) mass is 704 g/mol. The first kappa shape index (κ1) is 38.2. The van der Waals surface area contributed by atoms with Crippen molar-refractivity contribution < 1.29 is 62.4 Å². The minimum absolute atomic E-state index is 0.0593. The third kappa shape index (κ3) is 5.95. The largest absolute Gasteiger partial charge is 0.397 e. The fourth-order valence-electron chi connectivity index (χ4n) is 10.9. The van der Waals surface area contributed by atoms with Crippen molar-refractivity contribution >= 4 is 10.4 Å². The maximum Gasteiger partial charge on any atom is 0.397 e. The molecule has 0 aromatic heterocycles. The highest BCUT2D eigenvalue weighted by Crippen LogP contribution is 2.70. The first-order valence-electron chi connectivity index (χ1n) is 17.2. The lowest BCUT2D eigenvalue weighted by Gasteiger charge is -2.64. The summed E-state index contributed by atoms with van der Waals surface area (Å²) in [6.07, 6.45) is -1.35. The molecule has 0 aromatic rings. The van der Waals surface area contributed by atoms with Crippen LogP contribution in [0.4, 0.5) is 0 Å². The van der Waals surface area contributed by atoms with Crippen LogP contribution in [0.2, 0.25) is 0 Å². The van der Waals surface area contributed by atoms with Crippen LogP contribution in [-0.2, 0) is 24.1 Å². The van der Waals surface area contributed by atoms with E-state index in [0.29, 0.717) is 31.3 Å². The number of rotatable bonds is 9. The highest BCUT2D eigenvalue weighted by atomic mass is 32.3. The van der Waals surface area contributed by atoms with Crippen LogP contribution in [0.15, 0.2) is 23.8 Å². The van der Waals surface area contributed by atoms with Gasteiger partial charge < -0.3 is 45.2 Å². The van der Waals surface area contributed by atoms with Gasteiger partial charge in [-0.15, -0.1) is 0 Å². The summed E-state index contributed by atoms with van der Waals surface area (Å²) in [5, 5.41) is 78.0. The standard InChI is InChI=1S/C34H56O13S/c1-17(2)19(15-35)8-7-18(3)25-27(39)28(47-48(42,43)44)29-32(25,5)12-10-24-31(4)11-9-20(13-21(31)22(36)14-33(24,29)41)34(45-6)30(40)26(38)23(37)16-46-34/h7-8,13,17-20,22-30,35-41H,9-12,14-16H2,1-6H3,(H,42,43,44). The predicted octanol–water partition coefficient (Wildman–Crippen LogP) is 0.948. The van der Waals surface area contributed by atoms with E-state index in [9.17, 15) is 48.7 Å². The molecule has 13 nitrogen and oxygen atoms in total. The fraction of sp³-hybridized carbons (Fsp3) is 0.882. The number of hydrogen-bond donors (Lipinski definition) is 8. The maximum absolute atomic E-state index is 12.9. The molecule has 48 heavy (non-hydrogen) atoms. The molecule has 0 radical (unpaired) electrons. The number of aliphatic hydroxyl groups excluding tert-OH is 6. The predicted molar refractivity (Wildman–Crippen MR) is 172 cm³/mol. The molecular weight excluding hydrogens is 648 g/mol. The van der Waals surface area contributed by atoms with E-state index >= 15 is 0 Å². The van der Waals surface area contributed by atoms with E-state index in [1.165, 1.54) is 7.11 Å². The first-order chi connectivity index (χ1) is 22.2. The molecule has 1 aliphatic heterocycles. The Labute approximate surface area is 283 Å². The van der Waals surface area contributed by atoms with Crippen molar-refractivity contribution in [2.24, 2.45) is 52.3 Å². The molecule has 1 heterocycles. The molecule has 16 unspecified atom stereocenters. The van der Waals surface area contributed by atoms with Crippen molar-refractivity contribution in [2.75, 3.05) is 20.3 Å². The number of ether oxygens (including phenoxy) is 2. The number of hydrogen-bond acceptors (Lipinski definition) is 12. The number of methoxy groups -OCH3 is 1. The molecule has 5 aliphatic rings. The van der Waals surface area contributed by atoms with Gasteiger partial charge in [-0.1, -0.05) is 52.8 Å². The van der Waals surface area contributed by atoms with Gasteiger partial charge in [-0.05, 0) is 65.8 Å². The van der Waals surface area contributed by atoms with E-state index in [0.717, 1.165) is 0 Å². The molecule has 3 saturated carbocycles. The van der Waals surface area contributed by atoms with Crippen LogP contribution < -0.4 is 0 Å². The summed E-state index contributed by atoms with van der Waals surface area (Å²) < 4.78 is 51.1. The second-order valence-corrected chi connectivity index (χ2v) is 17.1. The van der Waals surface area contributed by atoms with E-state index in [-0.39, 0.29) is 37.4 Å². The zero-order valence-corrected chi connectivity index (χ0v) is 29.5. The quantitative estimate of drug-likeness (QED) is 0.124. The van der Waals surface area contributed by atoms with E-state index < -0.39 is 92.9 Å². The molecule has 5 rings (SSSR count). The fourth-order valence-corrected chi connectivity index (χ4v) is 11.4. The van der Waals surface area contributed by atoms with Crippen molar-refractivity contribution in [3.05, 3.63) is 23.8 Å². The molecule has 1 saturated heterocycles. The summed E-state index contributed by atoms with van der Waals surface area (Å²) in [4.78, 5) is 0. The summed E-state index contributed by atoms with van der Waals surface area (Å²) in [7, 11) is -3.71. The van der Waals surface area contributed by atoms with Gasteiger partial charge in [0.25, 0.3) is 0 Å². The summed E-state index contributed by atoms with van der Waals surface area (Å²) in [6, 6.07) is 0. The third-order valence-corrected chi connectivity index (χ3v) is 13.7. The highest BCUT2D eigenvalue weighted by Gasteiger charge is 2.73. The zero-order chi connectivity index (χ0) is 35.8. The second kappa shape index (κ2) is 13.2. The average Bonchev–Trinajstić information content (AvgIpc) is 3.21. The Morgan fingerprint density at radius 3 is 2.29 bits per heavy atom. The first-order valence-corrected chi connectivity index (χ1v) is 18.6. The topological polar surface area (TPSA) is 224 Å². The van der Waals surface area contributed by atoms with Gasteiger partial charge in [-0.2, -0.15) is 8.42 Å². The highest BCUT2D eigenvalue weighted by molar-refractivity contribution is 7.80. The van der Waals surface area contributed by atoms with Gasteiger partial charge in [0, 0.05) is 37.9 Å². The minimum Gasteiger partial charge on any atom is -0.396 e. The maximum atomic E-state index is 12.9. The lowest BCUT2D eigenvalue weighted by atomic mass is 9.43. The molecule has 276 valence electrons. The molecule has 4 aliphatic carbocycles. The number of aliphatic hydroxyl groups is 7. The summed E-state index contributed by atoms with van der Waals surface area (Å²) in [5.74, 6) is -4.68. The average molecular weight is 705 g/mol. The second-order valence-electron chi connectivity index (χ2n) is 16.0. The van der Waals surface area contributed by atoms with Crippen molar-refractivity contribution in [2.45, 2.75) is 115 Å². The molecule has 0 aromatic carbocycles. The molecule has 14 heteroatoms. The Kier molecular flexibility index (Phi) is 10.5. The van der Waals surface area contributed by atoms with E-state index in [4.69, 9.17) is 13.7 Å². The van der Waals surface area contributed by atoms with Crippen LogP contribution >= 0.6 is 0 Å². The Bertz CT molecular complexity index is 1350. The third-order valence-electron chi connectivity index (χ3n) is 13.3. The van der Waals surface area contributed by atoms with Crippen LogP contribution in [0.1, 0.15) is 66.7 Å². The van der Waals surface area contributed by atoms with Crippen molar-refractivity contribution in [1.29, 1.82) is 0 Å². The minimum atomic E-state index is -5.05. The van der Waals surface area contributed by atoms with Crippen LogP contribution in [-0.4, -0.2) is 117 Å². The van der Waals surface area contributed by atoms with Crippen molar-refractivity contribution in [1.82, 2.24) is 0 Å². The van der Waals surface area contributed by atoms with Crippen LogP contribution in [0.5, 0.6) is 0 Å². The van der Waals surface area contributed by atoms with Gasteiger partial charge >= 0.3 is 10.4 Å². The molecule has 0 spiro atoms. The van der Waals surface area contributed by atoms with Gasteiger partial charge in [-0.3, -0.25) is 4.55 Å². The van der Waals surface area contributed by atoms with Gasteiger partial charge in [0.05, 0.1) is 24.4 Å². The smallest absolute Gasteiger partial charge is 0.396 e. The summed E-state index contributed by atoms with van der Waals surface area (Å²) in [6.45, 7) is 9.40. The molecule has 8 N–H and O–H groups in total. The molecular formula is C34H56O13S. The molecule has 0 amide bonds. The van der Waals surface area contributed by atoms with Gasteiger partial charge in [0.15, 0.2) is 0 Å². The molecule has 16 atom stereocenters. The van der Waals surface area contributed by atoms with E-state index in [1.54, 1.807) is 6.08 Å². The lowest BCUT2D eigenvalue weighted by Crippen LogP contribution is -2.68. The zero-order valence-electron chi connectivity index (χ0n) is 28.7.